The summed E-state index contributed by atoms with van der Waals surface area (Å²) in [7, 11) is -0.267. The van der Waals surface area contributed by atoms with Gasteiger partial charge < -0.3 is 14.1 Å². The van der Waals surface area contributed by atoms with Crippen LogP contribution in [0.2, 0.25) is 0 Å². The summed E-state index contributed by atoms with van der Waals surface area (Å²) in [6.45, 7) is 9.10. The summed E-state index contributed by atoms with van der Waals surface area (Å²) in [5, 5.41) is 0. The van der Waals surface area contributed by atoms with Crippen molar-refractivity contribution in [1.82, 2.24) is 4.81 Å². The monoisotopic (exact) mass is 207 g/mol. The highest BCUT2D eigenvalue weighted by Crippen LogP contribution is 2.37. The molecule has 0 bridgehead atoms. The quantitative estimate of drug-likeness (QED) is 0.613. The van der Waals surface area contributed by atoms with Gasteiger partial charge in [-0.1, -0.05) is 12.2 Å². The summed E-state index contributed by atoms with van der Waals surface area (Å²) in [5.74, 6) is 0. The minimum absolute atomic E-state index is 0.257. The van der Waals surface area contributed by atoms with Crippen LogP contribution in [0.1, 0.15) is 27.7 Å². The van der Waals surface area contributed by atoms with Gasteiger partial charge in [-0.2, -0.15) is 0 Å². The zero-order chi connectivity index (χ0) is 11.1. The van der Waals surface area contributed by atoms with Gasteiger partial charge in [0.15, 0.2) is 0 Å². The Kier molecular flexibility index (Phi) is 2.43. The molecule has 2 aliphatic heterocycles. The molecule has 0 unspecified atom stereocenters. The molecule has 0 aliphatic carbocycles. The van der Waals surface area contributed by atoms with E-state index in [1.165, 1.54) is 0 Å². The van der Waals surface area contributed by atoms with E-state index in [4.69, 9.17) is 9.31 Å². The second-order valence-electron chi connectivity index (χ2n) is 5.03. The van der Waals surface area contributed by atoms with Crippen molar-refractivity contribution < 1.29 is 9.31 Å². The first kappa shape index (κ1) is 10.8. The molecule has 0 atom stereocenters. The van der Waals surface area contributed by atoms with E-state index >= 15 is 0 Å². The Balaban J connectivity index is 2.09. The largest absolute Gasteiger partial charge is 0.593 e. The third kappa shape index (κ3) is 1.84. The molecular weight excluding hydrogens is 189 g/mol. The molecule has 2 aliphatic rings. The third-order valence-electron chi connectivity index (χ3n) is 3.35. The van der Waals surface area contributed by atoms with Gasteiger partial charge in [-0.25, -0.2) is 0 Å². The van der Waals surface area contributed by atoms with E-state index in [2.05, 4.69) is 38.6 Å². The first-order valence-corrected chi connectivity index (χ1v) is 5.37. The van der Waals surface area contributed by atoms with Gasteiger partial charge in [0.25, 0.3) is 0 Å². The smallest absolute Gasteiger partial charge is 0.384 e. The van der Waals surface area contributed by atoms with E-state index < -0.39 is 0 Å². The minimum atomic E-state index is -0.267. The molecule has 0 saturated carbocycles. The summed E-state index contributed by atoms with van der Waals surface area (Å²) in [5.41, 5.74) is -0.515. The number of allylic oxidation sites excluding steroid dienone is 2. The van der Waals surface area contributed by atoms with Gasteiger partial charge in [-0.3, -0.25) is 0 Å². The van der Waals surface area contributed by atoms with E-state index in [1.807, 2.05) is 18.4 Å². The van der Waals surface area contributed by atoms with Crippen LogP contribution in [0.4, 0.5) is 0 Å². The van der Waals surface area contributed by atoms with Crippen LogP contribution in [0, 0.1) is 0 Å². The molecule has 0 spiro atoms. The third-order valence-corrected chi connectivity index (χ3v) is 3.35. The van der Waals surface area contributed by atoms with Crippen molar-refractivity contribution in [3.8, 4) is 0 Å². The van der Waals surface area contributed by atoms with Crippen molar-refractivity contribution in [2.75, 3.05) is 6.54 Å². The molecule has 2 heterocycles. The van der Waals surface area contributed by atoms with E-state index in [0.717, 1.165) is 6.54 Å². The lowest BCUT2D eigenvalue weighted by molar-refractivity contribution is 0.00578. The molecule has 15 heavy (non-hydrogen) atoms. The molecule has 1 saturated heterocycles. The summed E-state index contributed by atoms with van der Waals surface area (Å²) >= 11 is 0. The molecule has 0 amide bonds. The fourth-order valence-corrected chi connectivity index (χ4v) is 1.59. The molecular formula is C11H18BNO2. The van der Waals surface area contributed by atoms with Crippen LogP contribution < -0.4 is 0 Å². The molecule has 0 aromatic heterocycles. The zero-order valence-electron chi connectivity index (χ0n) is 9.86. The Morgan fingerprint density at radius 1 is 1.07 bits per heavy atom. The fraction of sp³-hybridized carbons (Fsp3) is 0.636. The Morgan fingerprint density at radius 2 is 1.67 bits per heavy atom. The Bertz CT molecular complexity index is 294. The predicted molar refractivity (Wildman–Crippen MR) is 61.1 cm³/mol. The highest BCUT2D eigenvalue weighted by molar-refractivity contribution is 6.42. The molecule has 0 aromatic carbocycles. The number of rotatable bonds is 1. The SMILES string of the molecule is CC1(C)OB(N2C=CC=CC2)OC1(C)C. The van der Waals surface area contributed by atoms with Gasteiger partial charge in [0.1, 0.15) is 0 Å². The Morgan fingerprint density at radius 3 is 2.13 bits per heavy atom. The average Bonchev–Trinajstić information content (AvgIpc) is 2.38. The van der Waals surface area contributed by atoms with E-state index in [1.54, 1.807) is 0 Å². The topological polar surface area (TPSA) is 21.7 Å². The zero-order valence-corrected chi connectivity index (χ0v) is 9.86. The van der Waals surface area contributed by atoms with Gasteiger partial charge in [-0.15, -0.1) is 0 Å². The summed E-state index contributed by atoms with van der Waals surface area (Å²) in [6, 6.07) is 0. The van der Waals surface area contributed by atoms with Crippen LogP contribution in [0.15, 0.2) is 24.4 Å². The number of nitrogens with zero attached hydrogens (tertiary/aromatic N) is 1. The second kappa shape index (κ2) is 3.39. The lowest BCUT2D eigenvalue weighted by Gasteiger charge is -2.32. The van der Waals surface area contributed by atoms with Crippen molar-refractivity contribution in [2.45, 2.75) is 38.9 Å². The molecule has 0 N–H and O–H groups in total. The molecule has 1 fully saturated rings. The first-order chi connectivity index (χ1) is 6.92. The highest BCUT2D eigenvalue weighted by Gasteiger charge is 2.53. The normalized spacial score (nSPS) is 27.5. The maximum absolute atomic E-state index is 5.92. The molecule has 0 radical (unpaired) electrons. The van der Waals surface area contributed by atoms with Crippen LogP contribution in [0.5, 0.6) is 0 Å². The van der Waals surface area contributed by atoms with Crippen molar-refractivity contribution in [3.63, 3.8) is 0 Å². The van der Waals surface area contributed by atoms with Crippen molar-refractivity contribution in [2.24, 2.45) is 0 Å². The van der Waals surface area contributed by atoms with Crippen LogP contribution in [-0.4, -0.2) is 29.8 Å². The van der Waals surface area contributed by atoms with Crippen LogP contribution in [-0.2, 0) is 9.31 Å². The standard InChI is InChI=1S/C11H18BNO2/c1-10(2)11(3,4)15-12(14-10)13-8-6-5-7-9-13/h5-8H,9H2,1-4H3. The van der Waals surface area contributed by atoms with Crippen molar-refractivity contribution >= 4 is 7.25 Å². The van der Waals surface area contributed by atoms with E-state index in [0.29, 0.717) is 0 Å². The van der Waals surface area contributed by atoms with Gasteiger partial charge >= 0.3 is 7.25 Å². The summed E-state index contributed by atoms with van der Waals surface area (Å²) in [4.78, 5) is 2.05. The average molecular weight is 207 g/mol. The molecule has 4 heteroatoms. The molecule has 0 aromatic rings. The summed E-state index contributed by atoms with van der Waals surface area (Å²) < 4.78 is 11.8. The lowest BCUT2D eigenvalue weighted by atomic mass is 9.90. The highest BCUT2D eigenvalue weighted by atomic mass is 16.7. The Hall–Kier alpha value is -0.735. The number of hydrogen-bond acceptors (Lipinski definition) is 3. The predicted octanol–water partition coefficient (Wildman–Crippen LogP) is 1.96. The van der Waals surface area contributed by atoms with E-state index in [9.17, 15) is 0 Å². The Labute approximate surface area is 91.9 Å². The maximum atomic E-state index is 5.92. The second-order valence-corrected chi connectivity index (χ2v) is 5.03. The number of hydrogen-bond donors (Lipinski definition) is 0. The first-order valence-electron chi connectivity index (χ1n) is 5.37. The lowest BCUT2D eigenvalue weighted by Crippen LogP contribution is -2.41. The van der Waals surface area contributed by atoms with Crippen LogP contribution in [0.3, 0.4) is 0 Å². The minimum Gasteiger partial charge on any atom is -0.384 e. The van der Waals surface area contributed by atoms with Crippen LogP contribution in [0.25, 0.3) is 0 Å². The van der Waals surface area contributed by atoms with Gasteiger partial charge in [0.05, 0.1) is 11.2 Å². The van der Waals surface area contributed by atoms with Gasteiger partial charge in [0.2, 0.25) is 0 Å². The van der Waals surface area contributed by atoms with Gasteiger partial charge in [-0.05, 0) is 40.0 Å². The molecule has 2 rings (SSSR count). The van der Waals surface area contributed by atoms with Crippen molar-refractivity contribution in [3.05, 3.63) is 24.4 Å². The van der Waals surface area contributed by atoms with Crippen molar-refractivity contribution in [1.29, 1.82) is 0 Å². The maximum Gasteiger partial charge on any atom is 0.593 e. The van der Waals surface area contributed by atoms with E-state index in [-0.39, 0.29) is 18.5 Å². The summed E-state index contributed by atoms with van der Waals surface area (Å²) in [6.07, 6.45) is 8.11. The van der Waals surface area contributed by atoms with Crippen LogP contribution >= 0.6 is 0 Å². The fourth-order valence-electron chi connectivity index (χ4n) is 1.59. The molecule has 82 valence electrons. The van der Waals surface area contributed by atoms with Gasteiger partial charge in [0, 0.05) is 6.54 Å². The molecule has 3 nitrogen and oxygen atoms in total.